The number of ether oxygens (including phenoxy) is 1. The zero-order valence-corrected chi connectivity index (χ0v) is 9.14. The standard InChI is InChI=1S/C11H18O4/c1-3-15-11(14)5-8-4-10(13)7(2)9(8)6-12/h5,7,9-10,12-13H,3-4,6H2,1-2H3/b8-5+/t7-,9-,10+/m1/s1. The van der Waals surface area contributed by atoms with Crippen LogP contribution in [0.1, 0.15) is 20.3 Å². The third kappa shape index (κ3) is 2.79. The van der Waals surface area contributed by atoms with Gasteiger partial charge >= 0.3 is 5.97 Å². The van der Waals surface area contributed by atoms with Gasteiger partial charge in [-0.05, 0) is 19.3 Å². The van der Waals surface area contributed by atoms with E-state index >= 15 is 0 Å². The van der Waals surface area contributed by atoms with Crippen molar-refractivity contribution in [2.75, 3.05) is 13.2 Å². The monoisotopic (exact) mass is 214 g/mol. The lowest BCUT2D eigenvalue weighted by Gasteiger charge is -2.14. The maximum atomic E-state index is 11.2. The second-order valence-corrected chi connectivity index (χ2v) is 3.89. The molecule has 0 aliphatic heterocycles. The average molecular weight is 214 g/mol. The second kappa shape index (κ2) is 5.28. The van der Waals surface area contributed by atoms with Crippen molar-refractivity contribution in [1.29, 1.82) is 0 Å². The number of esters is 1. The highest BCUT2D eigenvalue weighted by Crippen LogP contribution is 2.36. The van der Waals surface area contributed by atoms with Gasteiger partial charge in [0.1, 0.15) is 0 Å². The Kier molecular flexibility index (Phi) is 4.29. The molecule has 0 amide bonds. The van der Waals surface area contributed by atoms with Crippen LogP contribution in [-0.4, -0.2) is 35.5 Å². The van der Waals surface area contributed by atoms with Gasteiger partial charge in [0, 0.05) is 18.6 Å². The van der Waals surface area contributed by atoms with E-state index in [1.807, 2.05) is 6.92 Å². The first-order chi connectivity index (χ1) is 7.10. The maximum Gasteiger partial charge on any atom is 0.330 e. The summed E-state index contributed by atoms with van der Waals surface area (Å²) in [6.07, 6.45) is 1.38. The van der Waals surface area contributed by atoms with Gasteiger partial charge in [0.15, 0.2) is 0 Å². The Morgan fingerprint density at radius 3 is 2.87 bits per heavy atom. The average Bonchev–Trinajstić information content (AvgIpc) is 2.42. The molecule has 0 radical (unpaired) electrons. The summed E-state index contributed by atoms with van der Waals surface area (Å²) >= 11 is 0. The molecule has 0 unspecified atom stereocenters. The van der Waals surface area contributed by atoms with Crippen molar-refractivity contribution in [3.8, 4) is 0 Å². The van der Waals surface area contributed by atoms with Crippen LogP contribution in [0.25, 0.3) is 0 Å². The summed E-state index contributed by atoms with van der Waals surface area (Å²) < 4.78 is 4.79. The molecule has 1 saturated carbocycles. The summed E-state index contributed by atoms with van der Waals surface area (Å²) in [7, 11) is 0. The summed E-state index contributed by atoms with van der Waals surface area (Å²) in [6, 6.07) is 0. The fourth-order valence-electron chi connectivity index (χ4n) is 1.97. The molecule has 0 aromatic heterocycles. The highest BCUT2D eigenvalue weighted by molar-refractivity contribution is 5.83. The van der Waals surface area contributed by atoms with Gasteiger partial charge < -0.3 is 14.9 Å². The molecular weight excluding hydrogens is 196 g/mol. The van der Waals surface area contributed by atoms with E-state index < -0.39 is 12.1 Å². The molecule has 2 N–H and O–H groups in total. The number of carbonyl (C=O) groups excluding carboxylic acids is 1. The van der Waals surface area contributed by atoms with Crippen LogP contribution in [0.15, 0.2) is 11.6 Å². The van der Waals surface area contributed by atoms with E-state index in [0.29, 0.717) is 13.0 Å². The zero-order chi connectivity index (χ0) is 11.4. The maximum absolute atomic E-state index is 11.2. The van der Waals surface area contributed by atoms with Gasteiger partial charge in [-0.2, -0.15) is 0 Å². The summed E-state index contributed by atoms with van der Waals surface area (Å²) in [5.74, 6) is -0.521. The molecule has 0 bridgehead atoms. The Labute approximate surface area is 89.6 Å². The number of rotatable bonds is 3. The van der Waals surface area contributed by atoms with Crippen molar-refractivity contribution < 1.29 is 19.7 Å². The molecule has 0 saturated heterocycles. The minimum Gasteiger partial charge on any atom is -0.463 e. The van der Waals surface area contributed by atoms with E-state index in [1.165, 1.54) is 6.08 Å². The topological polar surface area (TPSA) is 66.8 Å². The predicted octanol–water partition coefficient (Wildman–Crippen LogP) is 0.485. The smallest absolute Gasteiger partial charge is 0.330 e. The van der Waals surface area contributed by atoms with Crippen LogP contribution in [0.5, 0.6) is 0 Å². The van der Waals surface area contributed by atoms with Gasteiger partial charge in [0.05, 0.1) is 12.7 Å². The Bertz CT molecular complexity index is 259. The van der Waals surface area contributed by atoms with Gasteiger partial charge in [-0.3, -0.25) is 0 Å². The minimum absolute atomic E-state index is 0.00400. The van der Waals surface area contributed by atoms with Crippen LogP contribution in [0.2, 0.25) is 0 Å². The van der Waals surface area contributed by atoms with Crippen LogP contribution in [0, 0.1) is 11.8 Å². The minimum atomic E-state index is -0.470. The molecule has 4 heteroatoms. The third-order valence-corrected chi connectivity index (χ3v) is 2.95. The Morgan fingerprint density at radius 1 is 1.67 bits per heavy atom. The number of hydrogen-bond donors (Lipinski definition) is 2. The van der Waals surface area contributed by atoms with Gasteiger partial charge in [0.2, 0.25) is 0 Å². The Hall–Kier alpha value is -0.870. The van der Waals surface area contributed by atoms with Crippen molar-refractivity contribution in [1.82, 2.24) is 0 Å². The number of carbonyl (C=O) groups is 1. The normalized spacial score (nSPS) is 33.3. The van der Waals surface area contributed by atoms with Crippen LogP contribution in [-0.2, 0) is 9.53 Å². The molecule has 3 atom stereocenters. The molecule has 1 fully saturated rings. The predicted molar refractivity (Wildman–Crippen MR) is 55.1 cm³/mol. The van der Waals surface area contributed by atoms with E-state index in [-0.39, 0.29) is 18.4 Å². The first-order valence-electron chi connectivity index (χ1n) is 5.26. The van der Waals surface area contributed by atoms with E-state index in [4.69, 9.17) is 9.84 Å². The second-order valence-electron chi connectivity index (χ2n) is 3.89. The summed E-state index contributed by atoms with van der Waals surface area (Å²) in [5, 5.41) is 18.8. The third-order valence-electron chi connectivity index (χ3n) is 2.95. The zero-order valence-electron chi connectivity index (χ0n) is 9.14. The largest absolute Gasteiger partial charge is 0.463 e. The van der Waals surface area contributed by atoms with Gasteiger partial charge in [-0.25, -0.2) is 4.79 Å². The fourth-order valence-corrected chi connectivity index (χ4v) is 1.97. The van der Waals surface area contributed by atoms with Gasteiger partial charge in [-0.15, -0.1) is 0 Å². The van der Waals surface area contributed by atoms with Crippen LogP contribution < -0.4 is 0 Å². The highest BCUT2D eigenvalue weighted by atomic mass is 16.5. The lowest BCUT2D eigenvalue weighted by Crippen LogP contribution is -2.18. The SMILES string of the molecule is CCOC(=O)/C=C1\C[C@H](O)[C@H](C)[C@H]1CO. The van der Waals surface area contributed by atoms with Crippen molar-refractivity contribution in [2.24, 2.45) is 11.8 Å². The molecule has 0 aromatic rings. The number of aliphatic hydroxyl groups excluding tert-OH is 2. The first kappa shape index (κ1) is 12.2. The van der Waals surface area contributed by atoms with Crippen LogP contribution in [0.4, 0.5) is 0 Å². The summed E-state index contributed by atoms with van der Waals surface area (Å²) in [6.45, 7) is 3.91. The van der Waals surface area contributed by atoms with Crippen molar-refractivity contribution in [2.45, 2.75) is 26.4 Å². The highest BCUT2D eigenvalue weighted by Gasteiger charge is 2.35. The first-order valence-corrected chi connectivity index (χ1v) is 5.26. The van der Waals surface area contributed by atoms with Gasteiger partial charge in [0.25, 0.3) is 0 Å². The molecule has 1 rings (SSSR count). The summed E-state index contributed by atoms with van der Waals surface area (Å²) in [5.41, 5.74) is 0.788. The van der Waals surface area contributed by atoms with Crippen LogP contribution >= 0.6 is 0 Å². The molecule has 4 nitrogen and oxygen atoms in total. The number of hydrogen-bond acceptors (Lipinski definition) is 4. The molecule has 15 heavy (non-hydrogen) atoms. The molecular formula is C11H18O4. The van der Waals surface area contributed by atoms with Crippen molar-refractivity contribution in [3.05, 3.63) is 11.6 Å². The molecule has 86 valence electrons. The van der Waals surface area contributed by atoms with E-state index in [2.05, 4.69) is 0 Å². The van der Waals surface area contributed by atoms with Crippen molar-refractivity contribution in [3.63, 3.8) is 0 Å². The van der Waals surface area contributed by atoms with Gasteiger partial charge in [-0.1, -0.05) is 12.5 Å². The van der Waals surface area contributed by atoms with E-state index in [0.717, 1.165) is 5.57 Å². The Balaban J connectivity index is 2.72. The lowest BCUT2D eigenvalue weighted by atomic mass is 9.95. The van der Waals surface area contributed by atoms with E-state index in [1.54, 1.807) is 6.92 Å². The lowest BCUT2D eigenvalue weighted by molar-refractivity contribution is -0.137. The molecule has 0 spiro atoms. The molecule has 0 heterocycles. The molecule has 1 aliphatic rings. The van der Waals surface area contributed by atoms with E-state index in [9.17, 15) is 9.90 Å². The molecule has 0 aromatic carbocycles. The number of aliphatic hydroxyl groups is 2. The molecule has 1 aliphatic carbocycles. The quantitative estimate of drug-likeness (QED) is 0.530. The van der Waals surface area contributed by atoms with Crippen molar-refractivity contribution >= 4 is 5.97 Å². The fraction of sp³-hybridized carbons (Fsp3) is 0.727. The Morgan fingerprint density at radius 2 is 2.33 bits per heavy atom. The summed E-state index contributed by atoms with van der Waals surface area (Å²) in [4.78, 5) is 11.2. The van der Waals surface area contributed by atoms with Crippen LogP contribution in [0.3, 0.4) is 0 Å².